The van der Waals surface area contributed by atoms with E-state index in [2.05, 4.69) is 22.2 Å². The summed E-state index contributed by atoms with van der Waals surface area (Å²) in [5.41, 5.74) is 4.32. The zero-order valence-electron chi connectivity index (χ0n) is 12.5. The van der Waals surface area contributed by atoms with Crippen LogP contribution in [0.1, 0.15) is 12.5 Å². The lowest BCUT2D eigenvalue weighted by atomic mass is 10.2. The van der Waals surface area contributed by atoms with E-state index < -0.39 is 10.0 Å². The third kappa shape index (κ3) is 4.67. The summed E-state index contributed by atoms with van der Waals surface area (Å²) in [6.45, 7) is 5.16. The van der Waals surface area contributed by atoms with E-state index in [4.69, 9.17) is 0 Å². The van der Waals surface area contributed by atoms with Crippen molar-refractivity contribution in [3.63, 3.8) is 0 Å². The van der Waals surface area contributed by atoms with E-state index >= 15 is 0 Å². The number of sulfonamides is 1. The van der Waals surface area contributed by atoms with Crippen LogP contribution >= 0.6 is 0 Å². The fourth-order valence-electron chi connectivity index (χ4n) is 1.82. The van der Waals surface area contributed by atoms with Crippen LogP contribution in [0.5, 0.6) is 0 Å². The van der Waals surface area contributed by atoms with Crippen LogP contribution in [0.15, 0.2) is 66.1 Å². The molecule has 0 fully saturated rings. The number of hydrogen-bond acceptors (Lipinski definition) is 4. The van der Waals surface area contributed by atoms with E-state index in [1.807, 2.05) is 30.3 Å². The molecule has 3 N–H and O–H groups in total. The average molecular weight is 331 g/mol. The quantitative estimate of drug-likeness (QED) is 0.708. The van der Waals surface area contributed by atoms with Gasteiger partial charge in [0.25, 0.3) is 10.0 Å². The maximum absolute atomic E-state index is 12.2. The molecule has 0 unspecified atom stereocenters. The molecule has 1 amide bonds. The zero-order valence-corrected chi connectivity index (χ0v) is 13.4. The van der Waals surface area contributed by atoms with Gasteiger partial charge in [0, 0.05) is 18.3 Å². The van der Waals surface area contributed by atoms with Crippen LogP contribution in [0.4, 0.5) is 5.69 Å². The normalized spacial score (nSPS) is 10.8. The van der Waals surface area contributed by atoms with Gasteiger partial charge in [-0.25, -0.2) is 8.42 Å². The van der Waals surface area contributed by atoms with Crippen LogP contribution in [-0.2, 0) is 14.8 Å². The fraction of sp³-hybridized carbons (Fsp3) is 0.0625. The molecule has 0 bridgehead atoms. The van der Waals surface area contributed by atoms with Crippen molar-refractivity contribution in [2.45, 2.75) is 11.8 Å². The number of carbonyl (C=O) groups excluding carboxylic acids is 1. The lowest BCUT2D eigenvalue weighted by Gasteiger charge is -2.12. The first-order chi connectivity index (χ1) is 10.9. The summed E-state index contributed by atoms with van der Waals surface area (Å²) in [4.78, 5) is 13.3. The van der Waals surface area contributed by atoms with Gasteiger partial charge in [-0.2, -0.15) is 0 Å². The molecule has 0 radical (unpaired) electrons. The summed E-state index contributed by atoms with van der Waals surface area (Å²) in [5.74, 6) is -0.223. The molecule has 2 aromatic carbocycles. The molecule has 0 heterocycles. The number of amides is 1. The number of hydrazine groups is 1. The molecule has 2 aromatic rings. The summed E-state index contributed by atoms with van der Waals surface area (Å²) in [6.07, 6.45) is 0. The van der Waals surface area contributed by atoms with E-state index in [1.54, 1.807) is 0 Å². The van der Waals surface area contributed by atoms with Gasteiger partial charge in [-0.1, -0.05) is 36.9 Å². The number of anilines is 1. The van der Waals surface area contributed by atoms with E-state index in [0.717, 1.165) is 5.56 Å². The van der Waals surface area contributed by atoms with Gasteiger partial charge in [-0.15, -0.1) is 4.83 Å². The number of nitrogens with one attached hydrogen (secondary N) is 3. The van der Waals surface area contributed by atoms with Crippen molar-refractivity contribution in [2.24, 2.45) is 0 Å². The van der Waals surface area contributed by atoms with Gasteiger partial charge < -0.3 is 10.7 Å². The smallest absolute Gasteiger partial charge is 0.257 e. The maximum atomic E-state index is 12.2. The van der Waals surface area contributed by atoms with Gasteiger partial charge >= 0.3 is 0 Å². The second-order valence-corrected chi connectivity index (χ2v) is 6.46. The number of hydrogen-bond donors (Lipinski definition) is 3. The Hall–Kier alpha value is -2.64. The lowest BCUT2D eigenvalue weighted by molar-refractivity contribution is -0.114. The highest BCUT2D eigenvalue weighted by molar-refractivity contribution is 7.89. The monoisotopic (exact) mass is 331 g/mol. The third-order valence-electron chi connectivity index (χ3n) is 2.94. The Morgan fingerprint density at radius 1 is 1.00 bits per heavy atom. The highest BCUT2D eigenvalue weighted by atomic mass is 32.2. The summed E-state index contributed by atoms with van der Waals surface area (Å²) in [5, 5.41) is 2.57. The standard InChI is InChI=1S/C16H17N3O3S/c1-12(14-6-4-3-5-7-14)18-19-23(21,22)16-10-8-15(9-11-16)17-13(2)20/h3-11,18-19H,1H2,2H3,(H,17,20). The van der Waals surface area contributed by atoms with Crippen LogP contribution in [0.3, 0.4) is 0 Å². The van der Waals surface area contributed by atoms with E-state index in [9.17, 15) is 13.2 Å². The summed E-state index contributed by atoms with van der Waals surface area (Å²) in [6, 6.07) is 15.0. The van der Waals surface area contributed by atoms with Gasteiger partial charge in [-0.05, 0) is 29.8 Å². The molecule has 7 heteroatoms. The molecule has 120 valence electrons. The van der Waals surface area contributed by atoms with Gasteiger partial charge in [0.05, 0.1) is 4.90 Å². The first-order valence-corrected chi connectivity index (χ1v) is 8.26. The Balaban J connectivity index is 2.04. The lowest BCUT2D eigenvalue weighted by Crippen LogP contribution is -2.35. The maximum Gasteiger partial charge on any atom is 0.257 e. The molecule has 6 nitrogen and oxygen atoms in total. The first-order valence-electron chi connectivity index (χ1n) is 6.78. The van der Waals surface area contributed by atoms with Gasteiger partial charge in [0.1, 0.15) is 0 Å². The van der Waals surface area contributed by atoms with Crippen LogP contribution in [0.25, 0.3) is 5.70 Å². The molecule has 0 aliphatic rings. The minimum absolute atomic E-state index is 0.0694. The van der Waals surface area contributed by atoms with Crippen molar-refractivity contribution >= 4 is 27.3 Å². The Morgan fingerprint density at radius 3 is 2.17 bits per heavy atom. The van der Waals surface area contributed by atoms with Crippen LogP contribution in [0, 0.1) is 0 Å². The molecule has 23 heavy (non-hydrogen) atoms. The predicted molar refractivity (Wildman–Crippen MR) is 89.7 cm³/mol. The highest BCUT2D eigenvalue weighted by Crippen LogP contribution is 2.14. The molecule has 0 aliphatic heterocycles. The van der Waals surface area contributed by atoms with Crippen molar-refractivity contribution in [1.82, 2.24) is 10.3 Å². The zero-order chi connectivity index (χ0) is 16.9. The summed E-state index contributed by atoms with van der Waals surface area (Å²) >= 11 is 0. The van der Waals surface area contributed by atoms with Gasteiger partial charge in [0.15, 0.2) is 0 Å². The molecule has 0 aliphatic carbocycles. The van der Waals surface area contributed by atoms with Gasteiger partial charge in [-0.3, -0.25) is 4.79 Å². The second-order valence-electron chi connectivity index (χ2n) is 4.78. The number of carbonyl (C=O) groups is 1. The highest BCUT2D eigenvalue weighted by Gasteiger charge is 2.14. The van der Waals surface area contributed by atoms with E-state index in [0.29, 0.717) is 11.4 Å². The summed E-state index contributed by atoms with van der Waals surface area (Å²) in [7, 11) is -3.74. The predicted octanol–water partition coefficient (Wildman–Crippen LogP) is 2.10. The van der Waals surface area contributed by atoms with Crippen LogP contribution in [0.2, 0.25) is 0 Å². The SMILES string of the molecule is C=C(NNS(=O)(=O)c1ccc(NC(C)=O)cc1)c1ccccc1. The Kier molecular flexibility index (Phi) is 5.15. The summed E-state index contributed by atoms with van der Waals surface area (Å²) < 4.78 is 24.4. The molecule has 0 saturated heterocycles. The molecular weight excluding hydrogens is 314 g/mol. The van der Waals surface area contributed by atoms with E-state index in [-0.39, 0.29) is 10.8 Å². The number of benzene rings is 2. The van der Waals surface area contributed by atoms with Crippen molar-refractivity contribution < 1.29 is 13.2 Å². The largest absolute Gasteiger partial charge is 0.326 e. The topological polar surface area (TPSA) is 87.3 Å². The molecule has 0 aromatic heterocycles. The molecule has 0 atom stereocenters. The molecule has 0 saturated carbocycles. The Morgan fingerprint density at radius 2 is 1.61 bits per heavy atom. The Bertz CT molecular complexity index is 800. The number of rotatable bonds is 6. The molecular formula is C16H17N3O3S. The molecule has 2 rings (SSSR count). The minimum Gasteiger partial charge on any atom is -0.326 e. The van der Waals surface area contributed by atoms with Crippen molar-refractivity contribution in [3.05, 3.63) is 66.7 Å². The second kappa shape index (κ2) is 7.08. The Labute approximate surface area is 135 Å². The van der Waals surface area contributed by atoms with Crippen molar-refractivity contribution in [2.75, 3.05) is 5.32 Å². The van der Waals surface area contributed by atoms with Crippen molar-refractivity contribution in [3.8, 4) is 0 Å². The van der Waals surface area contributed by atoms with E-state index in [1.165, 1.54) is 31.2 Å². The average Bonchev–Trinajstić information content (AvgIpc) is 2.53. The van der Waals surface area contributed by atoms with Crippen LogP contribution < -0.4 is 15.6 Å². The fourth-order valence-corrected chi connectivity index (χ4v) is 2.69. The van der Waals surface area contributed by atoms with Crippen molar-refractivity contribution in [1.29, 1.82) is 0 Å². The minimum atomic E-state index is -3.74. The van der Waals surface area contributed by atoms with Gasteiger partial charge in [0.2, 0.25) is 5.91 Å². The molecule has 0 spiro atoms. The third-order valence-corrected chi connectivity index (χ3v) is 4.21. The first kappa shape index (κ1) is 16.7. The van der Waals surface area contributed by atoms with Crippen LogP contribution in [-0.4, -0.2) is 14.3 Å².